The SMILES string of the molecule is CC(NCc1cccc2c1OCO2)c1cc(F)cc(F)c1. The minimum Gasteiger partial charge on any atom is -0.454 e. The number of halogens is 2. The molecular weight excluding hydrogens is 276 g/mol. The van der Waals surface area contributed by atoms with Crippen molar-refractivity contribution in [2.24, 2.45) is 0 Å². The second kappa shape index (κ2) is 5.69. The highest BCUT2D eigenvalue weighted by Gasteiger charge is 2.17. The van der Waals surface area contributed by atoms with Gasteiger partial charge in [-0.3, -0.25) is 0 Å². The lowest BCUT2D eigenvalue weighted by molar-refractivity contribution is 0.173. The number of para-hydroxylation sites is 1. The molecule has 2 aromatic rings. The molecule has 1 aliphatic rings. The minimum atomic E-state index is -0.573. The number of benzene rings is 2. The molecule has 1 atom stereocenters. The molecule has 3 rings (SSSR count). The quantitative estimate of drug-likeness (QED) is 0.934. The van der Waals surface area contributed by atoms with Crippen LogP contribution in [0.1, 0.15) is 24.1 Å². The zero-order valence-electron chi connectivity index (χ0n) is 11.5. The van der Waals surface area contributed by atoms with Crippen molar-refractivity contribution in [3.63, 3.8) is 0 Å². The van der Waals surface area contributed by atoms with Gasteiger partial charge in [0.2, 0.25) is 6.79 Å². The van der Waals surface area contributed by atoms with E-state index in [4.69, 9.17) is 9.47 Å². The Morgan fingerprint density at radius 3 is 2.67 bits per heavy atom. The van der Waals surface area contributed by atoms with Gasteiger partial charge in [-0.05, 0) is 30.7 Å². The molecule has 21 heavy (non-hydrogen) atoms. The normalized spacial score (nSPS) is 14.2. The third-order valence-electron chi connectivity index (χ3n) is 3.46. The molecule has 3 nitrogen and oxygen atoms in total. The van der Waals surface area contributed by atoms with E-state index in [1.807, 2.05) is 25.1 Å². The molecule has 0 aliphatic carbocycles. The smallest absolute Gasteiger partial charge is 0.231 e. The summed E-state index contributed by atoms with van der Waals surface area (Å²) in [5, 5.41) is 3.23. The summed E-state index contributed by atoms with van der Waals surface area (Å²) in [6, 6.07) is 9.00. The maximum Gasteiger partial charge on any atom is 0.231 e. The number of rotatable bonds is 4. The molecule has 0 bridgehead atoms. The fraction of sp³-hybridized carbons (Fsp3) is 0.250. The number of fused-ring (bicyclic) bond motifs is 1. The lowest BCUT2D eigenvalue weighted by Gasteiger charge is -2.15. The van der Waals surface area contributed by atoms with Crippen molar-refractivity contribution in [2.45, 2.75) is 19.5 Å². The number of nitrogens with one attached hydrogen (secondary N) is 1. The van der Waals surface area contributed by atoms with E-state index in [9.17, 15) is 8.78 Å². The number of hydrogen-bond donors (Lipinski definition) is 1. The highest BCUT2D eigenvalue weighted by Crippen LogP contribution is 2.35. The predicted molar refractivity (Wildman–Crippen MR) is 74.2 cm³/mol. The van der Waals surface area contributed by atoms with E-state index >= 15 is 0 Å². The Balaban J connectivity index is 1.71. The van der Waals surface area contributed by atoms with Crippen LogP contribution in [0.4, 0.5) is 8.78 Å². The van der Waals surface area contributed by atoms with Gasteiger partial charge < -0.3 is 14.8 Å². The third-order valence-corrected chi connectivity index (χ3v) is 3.46. The van der Waals surface area contributed by atoms with Crippen molar-refractivity contribution in [1.82, 2.24) is 5.32 Å². The van der Waals surface area contributed by atoms with Crippen LogP contribution < -0.4 is 14.8 Å². The summed E-state index contributed by atoms with van der Waals surface area (Å²) in [7, 11) is 0. The summed E-state index contributed by atoms with van der Waals surface area (Å²) in [6.07, 6.45) is 0. The first-order valence-electron chi connectivity index (χ1n) is 6.70. The van der Waals surface area contributed by atoms with Crippen LogP contribution in [0.25, 0.3) is 0 Å². The summed E-state index contributed by atoms with van der Waals surface area (Å²) in [6.45, 7) is 2.59. The second-order valence-corrected chi connectivity index (χ2v) is 4.96. The summed E-state index contributed by atoms with van der Waals surface area (Å²) < 4.78 is 37.2. The number of ether oxygens (including phenoxy) is 2. The molecule has 5 heteroatoms. The van der Waals surface area contributed by atoms with Crippen LogP contribution in [0, 0.1) is 11.6 Å². The van der Waals surface area contributed by atoms with E-state index in [1.165, 1.54) is 12.1 Å². The van der Waals surface area contributed by atoms with Crippen LogP contribution in [0.3, 0.4) is 0 Å². The van der Waals surface area contributed by atoms with Crippen molar-refractivity contribution in [3.05, 3.63) is 59.2 Å². The topological polar surface area (TPSA) is 30.5 Å². The zero-order chi connectivity index (χ0) is 14.8. The number of hydrogen-bond acceptors (Lipinski definition) is 3. The van der Waals surface area contributed by atoms with Crippen LogP contribution >= 0.6 is 0 Å². The van der Waals surface area contributed by atoms with Crippen LogP contribution in [0.5, 0.6) is 11.5 Å². The second-order valence-electron chi connectivity index (χ2n) is 4.96. The monoisotopic (exact) mass is 291 g/mol. The standard InChI is InChI=1S/C16H15F2NO2/c1-10(12-5-13(17)7-14(18)6-12)19-8-11-3-2-4-15-16(11)21-9-20-15/h2-7,10,19H,8-9H2,1H3. The molecule has 0 saturated heterocycles. The first-order valence-corrected chi connectivity index (χ1v) is 6.70. The molecule has 1 N–H and O–H groups in total. The van der Waals surface area contributed by atoms with Gasteiger partial charge >= 0.3 is 0 Å². The van der Waals surface area contributed by atoms with Crippen molar-refractivity contribution in [3.8, 4) is 11.5 Å². The molecule has 0 spiro atoms. The van der Waals surface area contributed by atoms with E-state index in [2.05, 4.69) is 5.32 Å². The van der Waals surface area contributed by atoms with Crippen molar-refractivity contribution >= 4 is 0 Å². The van der Waals surface area contributed by atoms with Gasteiger partial charge in [0.1, 0.15) is 11.6 Å². The van der Waals surface area contributed by atoms with Gasteiger partial charge in [-0.2, -0.15) is 0 Å². The van der Waals surface area contributed by atoms with Gasteiger partial charge in [-0.15, -0.1) is 0 Å². The largest absolute Gasteiger partial charge is 0.454 e. The Morgan fingerprint density at radius 2 is 1.90 bits per heavy atom. The van der Waals surface area contributed by atoms with Crippen LogP contribution in [0.2, 0.25) is 0 Å². The molecule has 1 heterocycles. The molecule has 0 radical (unpaired) electrons. The minimum absolute atomic E-state index is 0.187. The molecule has 2 aromatic carbocycles. The van der Waals surface area contributed by atoms with Crippen LogP contribution in [0.15, 0.2) is 36.4 Å². The Bertz CT molecular complexity index is 640. The zero-order valence-corrected chi connectivity index (χ0v) is 11.5. The molecule has 1 unspecified atom stereocenters. The Kier molecular flexibility index (Phi) is 3.75. The maximum atomic E-state index is 13.2. The highest BCUT2D eigenvalue weighted by atomic mass is 19.1. The fourth-order valence-electron chi connectivity index (χ4n) is 2.34. The van der Waals surface area contributed by atoms with Gasteiger partial charge in [0.05, 0.1) is 0 Å². The van der Waals surface area contributed by atoms with Crippen molar-refractivity contribution in [2.75, 3.05) is 6.79 Å². The summed E-state index contributed by atoms with van der Waals surface area (Å²) >= 11 is 0. The van der Waals surface area contributed by atoms with Gasteiger partial charge in [-0.1, -0.05) is 12.1 Å². The molecule has 110 valence electrons. The van der Waals surface area contributed by atoms with Gasteiger partial charge in [0, 0.05) is 24.2 Å². The van der Waals surface area contributed by atoms with Gasteiger partial charge in [-0.25, -0.2) is 8.78 Å². The first-order chi connectivity index (χ1) is 10.1. The first kappa shape index (κ1) is 13.8. The van der Waals surface area contributed by atoms with Gasteiger partial charge in [0.15, 0.2) is 11.5 Å². The Hall–Kier alpha value is -2.14. The molecule has 0 saturated carbocycles. The van der Waals surface area contributed by atoms with Crippen LogP contribution in [-0.2, 0) is 6.54 Å². The molecular formula is C16H15F2NO2. The molecule has 1 aliphatic heterocycles. The average molecular weight is 291 g/mol. The van der Waals surface area contributed by atoms with Crippen molar-refractivity contribution in [1.29, 1.82) is 0 Å². The third kappa shape index (κ3) is 2.97. The van der Waals surface area contributed by atoms with Crippen LogP contribution in [-0.4, -0.2) is 6.79 Å². The summed E-state index contributed by atoms with van der Waals surface area (Å²) in [5.41, 5.74) is 1.52. The molecule has 0 fully saturated rings. The van der Waals surface area contributed by atoms with Gasteiger partial charge in [0.25, 0.3) is 0 Å². The average Bonchev–Trinajstić information content (AvgIpc) is 2.92. The van der Waals surface area contributed by atoms with E-state index < -0.39 is 11.6 Å². The van der Waals surface area contributed by atoms with E-state index in [-0.39, 0.29) is 12.8 Å². The van der Waals surface area contributed by atoms with E-state index in [0.717, 1.165) is 23.1 Å². The maximum absolute atomic E-state index is 13.2. The summed E-state index contributed by atoms with van der Waals surface area (Å²) in [4.78, 5) is 0. The van der Waals surface area contributed by atoms with E-state index in [1.54, 1.807) is 0 Å². The van der Waals surface area contributed by atoms with Crippen molar-refractivity contribution < 1.29 is 18.3 Å². The van der Waals surface area contributed by atoms with E-state index in [0.29, 0.717) is 12.1 Å². The Labute approximate surface area is 121 Å². The lowest BCUT2D eigenvalue weighted by Crippen LogP contribution is -2.18. The lowest BCUT2D eigenvalue weighted by atomic mass is 10.1. The fourth-order valence-corrected chi connectivity index (χ4v) is 2.34. The summed E-state index contributed by atoms with van der Waals surface area (Å²) in [5.74, 6) is 0.299. The Morgan fingerprint density at radius 1 is 1.14 bits per heavy atom. The predicted octanol–water partition coefficient (Wildman–Crippen LogP) is 3.54. The highest BCUT2D eigenvalue weighted by molar-refractivity contribution is 5.48. The molecule has 0 aromatic heterocycles. The molecule has 0 amide bonds.